The first-order valence-electron chi connectivity index (χ1n) is 41.4. The Hall–Kier alpha value is -8.42. The number of aromatic nitrogens is 2. The Bertz CT molecular complexity index is 4480. The minimum absolute atomic E-state index is 0.0478. The third-order valence-electron chi connectivity index (χ3n) is 25.6. The van der Waals surface area contributed by atoms with Crippen LogP contribution in [0, 0.1) is 69.8 Å². The Morgan fingerprint density at radius 2 is 0.932 bits per heavy atom. The number of esters is 2. The van der Waals surface area contributed by atoms with Crippen LogP contribution >= 0.6 is 0 Å². The number of pyridine rings is 2. The number of allylic oxidation sites excluding steroid dienone is 4. The highest BCUT2D eigenvalue weighted by molar-refractivity contribution is 7.92. The lowest BCUT2D eigenvalue weighted by Gasteiger charge is -2.34. The number of Topliss-reactive ketones (excluding diaryl/α,β-unsaturated/α-hetero) is 2. The molecule has 6 fully saturated rings. The van der Waals surface area contributed by atoms with Crippen LogP contribution in [0.5, 0.6) is 23.3 Å². The molecule has 2 aromatic heterocycles. The fourth-order valence-corrected chi connectivity index (χ4v) is 19.8. The normalized spacial score (nSPS) is 29.2. The first kappa shape index (κ1) is 90.3. The minimum atomic E-state index is -4.03. The van der Waals surface area contributed by atoms with Gasteiger partial charge in [0.1, 0.15) is 12.2 Å². The third kappa shape index (κ3) is 19.9. The minimum Gasteiger partial charge on any atom is -0.491 e. The van der Waals surface area contributed by atoms with E-state index in [0.29, 0.717) is 98.6 Å². The molecule has 6 heterocycles. The molecule has 4 aliphatic carbocycles. The van der Waals surface area contributed by atoms with Crippen molar-refractivity contribution in [3.05, 3.63) is 84.7 Å². The second-order valence-electron chi connectivity index (χ2n) is 35.5. The van der Waals surface area contributed by atoms with E-state index in [1.807, 2.05) is 52.0 Å². The Balaban J connectivity index is 0.000000231. The number of benzene rings is 2. The van der Waals surface area contributed by atoms with E-state index in [9.17, 15) is 72.8 Å². The number of alkyl halides is 4. The van der Waals surface area contributed by atoms with Crippen molar-refractivity contribution in [1.29, 1.82) is 0 Å². The van der Waals surface area contributed by atoms with E-state index in [1.54, 1.807) is 39.8 Å². The summed E-state index contributed by atoms with van der Waals surface area (Å²) in [6, 6.07) is 6.50. The number of ether oxygens (including phenoxy) is 6. The molecule has 0 unspecified atom stereocenters. The quantitative estimate of drug-likeness (QED) is 0.0374. The average molecular weight is 1700 g/mol. The fraction of sp³-hybridized carbons (Fsp3) is 0.651. The molecule has 118 heavy (non-hydrogen) atoms. The van der Waals surface area contributed by atoms with E-state index in [0.717, 1.165) is 27.7 Å². The molecule has 0 bridgehead atoms. The lowest BCUT2D eigenvalue weighted by Crippen LogP contribution is -2.48. The van der Waals surface area contributed by atoms with Crippen molar-refractivity contribution in [2.75, 3.05) is 26.3 Å². The van der Waals surface area contributed by atoms with Crippen LogP contribution in [0.2, 0.25) is 0 Å². The van der Waals surface area contributed by atoms with Crippen LogP contribution in [-0.2, 0) is 67.9 Å². The highest BCUT2D eigenvalue weighted by Gasteiger charge is 2.65. The molecule has 12 rings (SSSR count). The van der Waals surface area contributed by atoms with Gasteiger partial charge < -0.3 is 38.2 Å². The summed E-state index contributed by atoms with van der Waals surface area (Å²) in [5, 5.41) is 1.79. The molecule has 4 amide bonds. The van der Waals surface area contributed by atoms with Gasteiger partial charge in [0.25, 0.3) is 12.9 Å². The van der Waals surface area contributed by atoms with Crippen molar-refractivity contribution in [2.24, 2.45) is 58.2 Å². The summed E-state index contributed by atoms with van der Waals surface area (Å²) in [6.07, 6.45) is 7.65. The van der Waals surface area contributed by atoms with E-state index < -0.39 is 196 Å². The maximum absolute atomic E-state index is 15.1. The van der Waals surface area contributed by atoms with Gasteiger partial charge in [-0.2, -0.15) is 0 Å². The molecular weight excluding hydrogens is 1580 g/mol. The van der Waals surface area contributed by atoms with Gasteiger partial charge in [-0.05, 0) is 215 Å². The van der Waals surface area contributed by atoms with Crippen molar-refractivity contribution in [3.8, 4) is 23.3 Å². The summed E-state index contributed by atoms with van der Waals surface area (Å²) in [5.74, 6) is -10.4. The average Bonchev–Trinajstić information content (AvgIpc) is 1.57. The van der Waals surface area contributed by atoms with Crippen LogP contribution in [0.4, 0.5) is 26.3 Å². The van der Waals surface area contributed by atoms with Gasteiger partial charge in [-0.1, -0.05) is 64.8 Å². The first-order valence-corrected chi connectivity index (χ1v) is 44.3. The molecule has 2 N–H and O–H groups in total. The highest BCUT2D eigenvalue weighted by atomic mass is 32.2. The predicted octanol–water partition coefficient (Wildman–Crippen LogP) is 14.2. The lowest BCUT2D eigenvalue weighted by molar-refractivity contribution is -0.175. The zero-order chi connectivity index (χ0) is 86.2. The second-order valence-corrected chi connectivity index (χ2v) is 39.9. The molecular formula is C86H112F6N6O18S2. The molecule has 2 saturated heterocycles. The standard InChI is InChI=1S/2C43H56F3N3O9S/c2*1-7-26-17-25(3)11-9-10-12-28-22-43(28,40(53)48-59(54,55)42(6)14-15-42)23-34(50)33-19-29(24-49(33)38(52)31(26)21-36(51)58-41(4,5)39(45)46)57-37-30-20-32(44)35(56-8-2)18-27(30)13-16-47-37/h2*10,12-13,16,18,20,25-26,28-29,31,33,39H,7-9,11,14-15,17,19,21-24H2,1-6H3,(H,48,53)/b2*12-10-/t25-,26+,28+,29+,31-,33-,43+;25-,26-,28-,29-,31+,33+,43-/m01/s1. The Morgan fingerprint density at radius 3 is 1.26 bits per heavy atom. The van der Waals surface area contributed by atoms with Crippen LogP contribution in [0.25, 0.3) is 21.5 Å². The van der Waals surface area contributed by atoms with Crippen molar-refractivity contribution in [2.45, 2.75) is 269 Å². The van der Waals surface area contributed by atoms with Gasteiger partial charge in [0, 0.05) is 48.8 Å². The summed E-state index contributed by atoms with van der Waals surface area (Å²) in [4.78, 5) is 126. The maximum atomic E-state index is 15.1. The number of carbonyl (C=O) groups excluding carboxylic acids is 8. The van der Waals surface area contributed by atoms with E-state index in [4.69, 9.17) is 28.4 Å². The number of rotatable bonds is 24. The summed E-state index contributed by atoms with van der Waals surface area (Å²) in [7, 11) is -8.06. The number of amides is 4. The van der Waals surface area contributed by atoms with Gasteiger partial charge >= 0.3 is 11.9 Å². The zero-order valence-corrected chi connectivity index (χ0v) is 70.8. The van der Waals surface area contributed by atoms with E-state index in [1.165, 1.54) is 46.5 Å². The van der Waals surface area contributed by atoms with Gasteiger partial charge in [-0.15, -0.1) is 0 Å². The van der Waals surface area contributed by atoms with Crippen LogP contribution < -0.4 is 28.4 Å². The summed E-state index contributed by atoms with van der Waals surface area (Å²) < 4.78 is 175. The van der Waals surface area contributed by atoms with E-state index in [2.05, 4.69) is 19.4 Å². The first-order chi connectivity index (χ1) is 55.5. The number of hydrogen-bond donors (Lipinski definition) is 2. The van der Waals surface area contributed by atoms with Crippen LogP contribution in [0.3, 0.4) is 0 Å². The van der Waals surface area contributed by atoms with Gasteiger partial charge in [-0.3, -0.25) is 47.8 Å². The van der Waals surface area contributed by atoms with Crippen molar-refractivity contribution in [3.63, 3.8) is 0 Å². The number of hydrogen-bond acceptors (Lipinski definition) is 20. The predicted molar refractivity (Wildman–Crippen MR) is 425 cm³/mol. The van der Waals surface area contributed by atoms with Crippen LogP contribution in [0.15, 0.2) is 73.1 Å². The van der Waals surface area contributed by atoms with Crippen molar-refractivity contribution in [1.82, 2.24) is 29.2 Å². The number of carbonyl (C=O) groups is 8. The smallest absolute Gasteiger partial charge is 0.307 e. The van der Waals surface area contributed by atoms with Crippen molar-refractivity contribution < 1.29 is 110 Å². The molecule has 14 atom stereocenters. The Kier molecular flexibility index (Phi) is 27.3. The summed E-state index contributed by atoms with van der Waals surface area (Å²) in [6.45, 7) is 19.0. The number of fused-ring (bicyclic) bond motifs is 6. The van der Waals surface area contributed by atoms with Gasteiger partial charge in [-0.25, -0.2) is 53.1 Å². The molecule has 648 valence electrons. The second kappa shape index (κ2) is 35.7. The van der Waals surface area contributed by atoms with Gasteiger partial charge in [0.05, 0.1) is 83.4 Å². The number of sulfonamides is 2. The molecule has 0 radical (unpaired) electrons. The van der Waals surface area contributed by atoms with Gasteiger partial charge in [0.15, 0.2) is 45.9 Å². The summed E-state index contributed by atoms with van der Waals surface area (Å²) >= 11 is 0. The molecule has 4 saturated carbocycles. The molecule has 32 heteroatoms. The SMILES string of the molecule is CCOc1cc2ccnc(O[C@@H]3C[C@H]4C(=O)C[C@]5(C(=O)NS(=O)(=O)C6(C)CC6)C[C@H]5/C=C\CC[C@@H](C)C[C@@H](CC)[C@H](CC(=O)OC(C)(C)C(F)F)C(=O)N4C3)c2cc1F.CCOc1cc2ccnc(O[C@@H]3C[C@H]4C(=O)C[C@]5(C(=O)NS(=O)(=O)C6(C)CC6)C[C@H]5/C=C\CC[C@H](C)C[C@@H](CC)[C@H](CC(=O)OC(C)(C)C(F)F)C(=O)N4C3)c2cc1F. The number of ketones is 2. The number of nitrogens with one attached hydrogen (secondary N) is 2. The highest BCUT2D eigenvalue weighted by Crippen LogP contribution is 2.60. The summed E-state index contributed by atoms with van der Waals surface area (Å²) in [5.41, 5.74) is -6.98. The van der Waals surface area contributed by atoms with Crippen LogP contribution in [0.1, 0.15) is 212 Å². The zero-order valence-electron chi connectivity index (χ0n) is 69.2. The Morgan fingerprint density at radius 1 is 0.568 bits per heavy atom. The molecule has 0 spiro atoms. The molecule has 24 nitrogen and oxygen atoms in total. The molecule has 8 aliphatic rings. The Labute approximate surface area is 686 Å². The monoisotopic (exact) mass is 1690 g/mol. The molecule has 4 aliphatic heterocycles. The molecule has 4 aromatic rings. The number of halogens is 6. The number of nitrogens with zero attached hydrogens (tertiary/aromatic N) is 4. The van der Waals surface area contributed by atoms with E-state index >= 15 is 8.78 Å². The van der Waals surface area contributed by atoms with E-state index in [-0.39, 0.29) is 99.9 Å². The topological polar surface area (TPSA) is 317 Å². The molecule has 2 aromatic carbocycles. The third-order valence-corrected chi connectivity index (χ3v) is 29.9. The lowest BCUT2D eigenvalue weighted by atomic mass is 9.79. The van der Waals surface area contributed by atoms with Crippen LogP contribution in [-0.4, -0.2) is 168 Å². The van der Waals surface area contributed by atoms with Gasteiger partial charge in [0.2, 0.25) is 55.4 Å². The van der Waals surface area contributed by atoms with Crippen molar-refractivity contribution >= 4 is 88.7 Å². The fourth-order valence-electron chi connectivity index (χ4n) is 17.1. The largest absolute Gasteiger partial charge is 0.491 e. The maximum Gasteiger partial charge on any atom is 0.307 e.